The van der Waals surface area contributed by atoms with Crippen LogP contribution in [0.3, 0.4) is 0 Å². The van der Waals surface area contributed by atoms with Gasteiger partial charge in [0.15, 0.2) is 0 Å². The molecule has 0 bridgehead atoms. The lowest BCUT2D eigenvalue weighted by Crippen LogP contribution is -2.42. The Bertz CT molecular complexity index is 308. The summed E-state index contributed by atoms with van der Waals surface area (Å²) in [5, 5.41) is 2.19. The highest BCUT2D eigenvalue weighted by atomic mass is 32.1. The van der Waals surface area contributed by atoms with Crippen molar-refractivity contribution < 1.29 is 0 Å². The topological polar surface area (TPSA) is 29.3 Å². The van der Waals surface area contributed by atoms with Crippen LogP contribution in [0.4, 0.5) is 0 Å². The molecular formula is C14H24N2S. The molecule has 1 aliphatic heterocycles. The molecule has 96 valence electrons. The molecule has 2 unspecified atom stereocenters. The number of nitrogens with two attached hydrogens (primary N) is 1. The van der Waals surface area contributed by atoms with Crippen molar-refractivity contribution in [2.24, 2.45) is 5.73 Å². The molecule has 0 spiro atoms. The fourth-order valence-corrected chi connectivity index (χ4v) is 3.95. The molecule has 2 nitrogen and oxygen atoms in total. The number of rotatable bonds is 5. The van der Waals surface area contributed by atoms with Gasteiger partial charge in [-0.25, -0.2) is 0 Å². The van der Waals surface area contributed by atoms with Crippen molar-refractivity contribution in [3.63, 3.8) is 0 Å². The van der Waals surface area contributed by atoms with Crippen LogP contribution in [0.15, 0.2) is 17.5 Å². The lowest BCUT2D eigenvalue weighted by atomic mass is 9.96. The Labute approximate surface area is 109 Å². The van der Waals surface area contributed by atoms with Gasteiger partial charge in [0, 0.05) is 17.0 Å². The van der Waals surface area contributed by atoms with Crippen LogP contribution in [-0.2, 0) is 0 Å². The van der Waals surface area contributed by atoms with Gasteiger partial charge in [0.25, 0.3) is 0 Å². The summed E-state index contributed by atoms with van der Waals surface area (Å²) in [7, 11) is 0. The molecule has 0 aliphatic carbocycles. The van der Waals surface area contributed by atoms with Gasteiger partial charge in [0.05, 0.1) is 0 Å². The minimum atomic E-state index is 0.617. The smallest absolute Gasteiger partial charge is 0.0441 e. The molecule has 1 fully saturated rings. The van der Waals surface area contributed by atoms with Gasteiger partial charge in [-0.15, -0.1) is 11.3 Å². The van der Waals surface area contributed by atoms with Gasteiger partial charge in [-0.2, -0.15) is 0 Å². The SMILES string of the molecule is CCC(c1cccs1)N1CCCCC1CCN. The first kappa shape index (κ1) is 13.1. The Morgan fingerprint density at radius 2 is 2.41 bits per heavy atom. The zero-order chi connectivity index (χ0) is 12.1. The maximum atomic E-state index is 5.76. The quantitative estimate of drug-likeness (QED) is 0.870. The van der Waals surface area contributed by atoms with E-state index in [9.17, 15) is 0 Å². The van der Waals surface area contributed by atoms with Crippen molar-refractivity contribution >= 4 is 11.3 Å². The second-order valence-electron chi connectivity index (χ2n) is 4.90. The molecule has 1 aromatic heterocycles. The van der Waals surface area contributed by atoms with E-state index in [1.165, 1.54) is 37.1 Å². The monoisotopic (exact) mass is 252 g/mol. The summed E-state index contributed by atoms with van der Waals surface area (Å²) in [5.74, 6) is 0. The summed E-state index contributed by atoms with van der Waals surface area (Å²) < 4.78 is 0. The molecule has 0 radical (unpaired) electrons. The Morgan fingerprint density at radius 3 is 3.06 bits per heavy atom. The second-order valence-corrected chi connectivity index (χ2v) is 5.88. The molecule has 0 amide bonds. The van der Waals surface area contributed by atoms with Gasteiger partial charge in [0.2, 0.25) is 0 Å². The number of likely N-dealkylation sites (tertiary alicyclic amines) is 1. The zero-order valence-corrected chi connectivity index (χ0v) is 11.6. The maximum Gasteiger partial charge on any atom is 0.0441 e. The Balaban J connectivity index is 2.10. The number of nitrogens with zero attached hydrogens (tertiary/aromatic N) is 1. The minimum Gasteiger partial charge on any atom is -0.330 e. The van der Waals surface area contributed by atoms with Gasteiger partial charge in [-0.05, 0) is 50.2 Å². The van der Waals surface area contributed by atoms with Gasteiger partial charge in [0.1, 0.15) is 0 Å². The molecule has 17 heavy (non-hydrogen) atoms. The normalized spacial score (nSPS) is 23.8. The Kier molecular flexibility index (Phi) is 5.01. The average molecular weight is 252 g/mol. The van der Waals surface area contributed by atoms with Crippen molar-refractivity contribution in [3.8, 4) is 0 Å². The molecule has 2 atom stereocenters. The van der Waals surface area contributed by atoms with E-state index in [1.807, 2.05) is 11.3 Å². The largest absolute Gasteiger partial charge is 0.330 e. The summed E-state index contributed by atoms with van der Waals surface area (Å²) in [4.78, 5) is 4.23. The molecule has 2 heterocycles. The molecule has 1 aromatic rings. The average Bonchev–Trinajstić information content (AvgIpc) is 2.86. The summed E-state index contributed by atoms with van der Waals surface area (Å²) in [6.07, 6.45) is 6.42. The van der Waals surface area contributed by atoms with Crippen LogP contribution in [-0.4, -0.2) is 24.0 Å². The van der Waals surface area contributed by atoms with Crippen molar-refractivity contribution in [1.82, 2.24) is 4.90 Å². The summed E-state index contributed by atoms with van der Waals surface area (Å²) in [5.41, 5.74) is 5.76. The van der Waals surface area contributed by atoms with E-state index < -0.39 is 0 Å². The highest BCUT2D eigenvalue weighted by Crippen LogP contribution is 2.34. The number of thiophene rings is 1. The van der Waals surface area contributed by atoms with Crippen molar-refractivity contribution in [2.45, 2.75) is 51.1 Å². The summed E-state index contributed by atoms with van der Waals surface area (Å²) in [6.45, 7) is 4.38. The first-order valence-corrected chi connectivity index (χ1v) is 7.74. The summed E-state index contributed by atoms with van der Waals surface area (Å²) in [6, 6.07) is 5.78. The Morgan fingerprint density at radius 1 is 1.53 bits per heavy atom. The number of piperidine rings is 1. The lowest BCUT2D eigenvalue weighted by molar-refractivity contribution is 0.0889. The van der Waals surface area contributed by atoms with Crippen LogP contribution in [0, 0.1) is 0 Å². The maximum absolute atomic E-state index is 5.76. The van der Waals surface area contributed by atoms with Gasteiger partial charge in [-0.1, -0.05) is 19.4 Å². The third-order valence-electron chi connectivity index (χ3n) is 3.83. The van der Waals surface area contributed by atoms with E-state index in [-0.39, 0.29) is 0 Å². The number of hydrogen-bond donors (Lipinski definition) is 1. The van der Waals surface area contributed by atoms with E-state index in [0.29, 0.717) is 12.1 Å². The van der Waals surface area contributed by atoms with Gasteiger partial charge in [-0.3, -0.25) is 4.90 Å². The first-order valence-electron chi connectivity index (χ1n) is 6.86. The van der Waals surface area contributed by atoms with Crippen LogP contribution in [0.5, 0.6) is 0 Å². The van der Waals surface area contributed by atoms with Crippen molar-refractivity contribution in [1.29, 1.82) is 0 Å². The predicted molar refractivity (Wildman–Crippen MR) is 75.4 cm³/mol. The van der Waals surface area contributed by atoms with Crippen LogP contribution in [0.2, 0.25) is 0 Å². The van der Waals surface area contributed by atoms with Crippen LogP contribution >= 0.6 is 11.3 Å². The highest BCUT2D eigenvalue weighted by Gasteiger charge is 2.28. The first-order chi connectivity index (χ1) is 8.36. The van der Waals surface area contributed by atoms with E-state index in [1.54, 1.807) is 0 Å². The standard InChI is InChI=1S/C14H24N2S/c1-2-13(14-7-5-11-17-14)16-10-4-3-6-12(16)8-9-15/h5,7,11-13H,2-4,6,8-10,15H2,1H3. The second kappa shape index (κ2) is 6.53. The molecule has 3 heteroatoms. The number of hydrogen-bond acceptors (Lipinski definition) is 3. The van der Waals surface area contributed by atoms with Crippen LogP contribution in [0.1, 0.15) is 49.9 Å². The van der Waals surface area contributed by atoms with Gasteiger partial charge >= 0.3 is 0 Å². The fraction of sp³-hybridized carbons (Fsp3) is 0.714. The molecule has 0 aromatic carbocycles. The van der Waals surface area contributed by atoms with Crippen LogP contribution in [0.25, 0.3) is 0 Å². The molecular weight excluding hydrogens is 228 g/mol. The van der Waals surface area contributed by atoms with Gasteiger partial charge < -0.3 is 5.73 Å². The third-order valence-corrected chi connectivity index (χ3v) is 4.80. The minimum absolute atomic E-state index is 0.617. The highest BCUT2D eigenvalue weighted by molar-refractivity contribution is 7.10. The Hall–Kier alpha value is -0.380. The van der Waals surface area contributed by atoms with Crippen LogP contribution < -0.4 is 5.73 Å². The predicted octanol–water partition coefficient (Wildman–Crippen LogP) is 3.40. The van der Waals surface area contributed by atoms with Crippen molar-refractivity contribution in [3.05, 3.63) is 22.4 Å². The van der Waals surface area contributed by atoms with Crippen molar-refractivity contribution in [2.75, 3.05) is 13.1 Å². The molecule has 2 rings (SSSR count). The molecule has 1 aliphatic rings. The van der Waals surface area contributed by atoms with E-state index in [2.05, 4.69) is 29.3 Å². The van der Waals surface area contributed by atoms with E-state index in [0.717, 1.165) is 13.0 Å². The fourth-order valence-electron chi connectivity index (χ4n) is 3.02. The molecule has 1 saturated heterocycles. The van der Waals surface area contributed by atoms with E-state index in [4.69, 9.17) is 5.73 Å². The molecule has 2 N–H and O–H groups in total. The lowest BCUT2D eigenvalue weighted by Gasteiger charge is -2.40. The third kappa shape index (κ3) is 3.09. The summed E-state index contributed by atoms with van der Waals surface area (Å²) >= 11 is 1.90. The zero-order valence-electron chi connectivity index (χ0n) is 10.8. The molecule has 0 saturated carbocycles. The van der Waals surface area contributed by atoms with E-state index >= 15 is 0 Å².